The number of carbonyl (C=O) groups is 1. The number of furan rings is 1. The highest BCUT2D eigenvalue weighted by Crippen LogP contribution is 2.20. The number of carbonyl (C=O) groups excluding carboxylic acids is 1. The first-order valence-electron chi connectivity index (χ1n) is 6.76. The second kappa shape index (κ2) is 7.58. The predicted octanol–water partition coefficient (Wildman–Crippen LogP) is 1.17. The second-order valence-electron chi connectivity index (χ2n) is 4.72. The molecule has 0 aliphatic heterocycles. The Morgan fingerprint density at radius 3 is 2.71 bits per heavy atom. The van der Waals surface area contributed by atoms with Gasteiger partial charge in [0.1, 0.15) is 11.3 Å². The Hall–Kier alpha value is -1.38. The van der Waals surface area contributed by atoms with E-state index in [4.69, 9.17) is 10.2 Å². The van der Waals surface area contributed by atoms with Gasteiger partial charge < -0.3 is 14.9 Å². The van der Waals surface area contributed by atoms with Gasteiger partial charge in [0.15, 0.2) is 0 Å². The van der Waals surface area contributed by atoms with Crippen LogP contribution in [0.3, 0.4) is 0 Å². The summed E-state index contributed by atoms with van der Waals surface area (Å²) in [4.78, 5) is 11.5. The molecule has 1 heterocycles. The van der Waals surface area contributed by atoms with Gasteiger partial charge in [0.25, 0.3) is 10.0 Å². The number of nitrogens with one attached hydrogen (secondary N) is 1. The summed E-state index contributed by atoms with van der Waals surface area (Å²) >= 11 is 0. The Kier molecular flexibility index (Phi) is 6.38. The summed E-state index contributed by atoms with van der Waals surface area (Å²) in [5.74, 6) is -0.445. The summed E-state index contributed by atoms with van der Waals surface area (Å²) in [6.45, 7) is 3.71. The quantitative estimate of drug-likeness (QED) is 0.696. The second-order valence-corrected chi connectivity index (χ2v) is 6.37. The molecule has 21 heavy (non-hydrogen) atoms. The van der Waals surface area contributed by atoms with Crippen LogP contribution in [0.15, 0.2) is 15.6 Å². The third kappa shape index (κ3) is 4.55. The van der Waals surface area contributed by atoms with Gasteiger partial charge in [0.2, 0.25) is 5.09 Å². The maximum atomic E-state index is 12.2. The number of hydrogen-bond donors (Lipinski definition) is 2. The molecule has 8 heteroatoms. The van der Waals surface area contributed by atoms with Crippen LogP contribution in [0.4, 0.5) is 0 Å². The Balaban J connectivity index is 2.95. The lowest BCUT2D eigenvalue weighted by Crippen LogP contribution is -2.39. The van der Waals surface area contributed by atoms with E-state index >= 15 is 0 Å². The van der Waals surface area contributed by atoms with Crippen LogP contribution >= 0.6 is 0 Å². The van der Waals surface area contributed by atoms with Crippen LogP contribution in [-0.2, 0) is 14.8 Å². The molecule has 1 atom stereocenters. The summed E-state index contributed by atoms with van der Waals surface area (Å²) in [6.07, 6.45) is 2.47. The molecule has 0 bridgehead atoms. The molecular weight excluding hydrogens is 296 g/mol. The van der Waals surface area contributed by atoms with Crippen molar-refractivity contribution in [2.24, 2.45) is 5.73 Å². The van der Waals surface area contributed by atoms with E-state index in [9.17, 15) is 13.2 Å². The first-order chi connectivity index (χ1) is 9.85. The van der Waals surface area contributed by atoms with E-state index in [2.05, 4.69) is 9.46 Å². The number of nitrogens with two attached hydrogens (primary N) is 1. The van der Waals surface area contributed by atoms with Crippen LogP contribution in [-0.4, -0.2) is 34.1 Å². The number of hydrogen-bond acceptors (Lipinski definition) is 6. The normalized spacial score (nSPS) is 13.1. The molecule has 0 spiro atoms. The lowest BCUT2D eigenvalue weighted by molar-refractivity contribution is 0.0599. The number of methoxy groups -OCH3 is 1. The lowest BCUT2D eigenvalue weighted by atomic mass is 10.1. The Bertz CT molecular complexity index is 579. The summed E-state index contributed by atoms with van der Waals surface area (Å²) < 4.78 is 36.7. The first kappa shape index (κ1) is 17.7. The number of rotatable bonds is 8. The summed E-state index contributed by atoms with van der Waals surface area (Å²) in [5, 5.41) is -0.310. The van der Waals surface area contributed by atoms with Gasteiger partial charge in [-0.25, -0.2) is 17.9 Å². The minimum absolute atomic E-state index is 0.0933. The lowest BCUT2D eigenvalue weighted by Gasteiger charge is -2.15. The summed E-state index contributed by atoms with van der Waals surface area (Å²) in [5.41, 5.74) is 5.67. The molecule has 0 aliphatic rings. The van der Waals surface area contributed by atoms with Gasteiger partial charge in [-0.3, -0.25) is 0 Å². The van der Waals surface area contributed by atoms with E-state index in [1.165, 1.54) is 14.0 Å². The molecule has 0 radical (unpaired) electrons. The topological polar surface area (TPSA) is 112 Å². The predicted molar refractivity (Wildman–Crippen MR) is 77.5 cm³/mol. The van der Waals surface area contributed by atoms with Crippen molar-refractivity contribution in [2.45, 2.75) is 44.2 Å². The smallest absolute Gasteiger partial charge is 0.341 e. The zero-order valence-electron chi connectivity index (χ0n) is 12.5. The van der Waals surface area contributed by atoms with Crippen molar-refractivity contribution in [3.05, 3.63) is 17.4 Å². The molecule has 0 aliphatic carbocycles. The standard InChI is InChI=1S/C13H22N2O5S/c1-4-5-6-10(8-14)15-21(17,18)12-7-11(9(2)20-12)13(16)19-3/h7,10,15H,4-6,8,14H2,1-3H3. The first-order valence-corrected chi connectivity index (χ1v) is 8.25. The van der Waals surface area contributed by atoms with E-state index in [1.54, 1.807) is 0 Å². The van der Waals surface area contributed by atoms with Gasteiger partial charge in [-0.2, -0.15) is 0 Å². The molecule has 0 fully saturated rings. The SMILES string of the molecule is CCCCC(CN)NS(=O)(=O)c1cc(C(=O)OC)c(C)o1. The van der Waals surface area contributed by atoms with E-state index in [0.717, 1.165) is 18.9 Å². The van der Waals surface area contributed by atoms with E-state index in [-0.39, 0.29) is 29.0 Å². The van der Waals surface area contributed by atoms with Crippen LogP contribution < -0.4 is 10.5 Å². The third-order valence-electron chi connectivity index (χ3n) is 3.08. The van der Waals surface area contributed by atoms with Crippen molar-refractivity contribution in [1.29, 1.82) is 0 Å². The minimum atomic E-state index is -3.85. The molecule has 0 saturated carbocycles. The minimum Gasteiger partial charge on any atom is -0.465 e. The van der Waals surface area contributed by atoms with Crippen LogP contribution in [0.25, 0.3) is 0 Å². The average Bonchev–Trinajstić information content (AvgIpc) is 2.85. The van der Waals surface area contributed by atoms with Crippen molar-refractivity contribution < 1.29 is 22.4 Å². The van der Waals surface area contributed by atoms with Gasteiger partial charge in [0.05, 0.1) is 7.11 Å². The molecule has 1 unspecified atom stereocenters. The zero-order valence-corrected chi connectivity index (χ0v) is 13.3. The fourth-order valence-electron chi connectivity index (χ4n) is 1.85. The van der Waals surface area contributed by atoms with Crippen molar-refractivity contribution in [3.63, 3.8) is 0 Å². The molecule has 0 amide bonds. The number of aryl methyl sites for hydroxylation is 1. The fraction of sp³-hybridized carbons (Fsp3) is 0.615. The van der Waals surface area contributed by atoms with Crippen molar-refractivity contribution >= 4 is 16.0 Å². The molecular formula is C13H22N2O5S. The highest BCUT2D eigenvalue weighted by molar-refractivity contribution is 7.89. The van der Waals surface area contributed by atoms with Crippen molar-refractivity contribution in [3.8, 4) is 0 Å². The van der Waals surface area contributed by atoms with E-state index < -0.39 is 16.0 Å². The molecule has 1 aromatic rings. The number of sulfonamides is 1. The number of unbranched alkanes of at least 4 members (excludes halogenated alkanes) is 1. The fourth-order valence-corrected chi connectivity index (χ4v) is 3.13. The molecule has 1 rings (SSSR count). The van der Waals surface area contributed by atoms with Gasteiger partial charge in [-0.15, -0.1) is 0 Å². The summed E-state index contributed by atoms with van der Waals surface area (Å²) in [7, 11) is -2.63. The molecule has 1 aromatic heterocycles. The van der Waals surface area contributed by atoms with Crippen LogP contribution in [0.5, 0.6) is 0 Å². The highest BCUT2D eigenvalue weighted by Gasteiger charge is 2.26. The Morgan fingerprint density at radius 1 is 1.52 bits per heavy atom. The van der Waals surface area contributed by atoms with Gasteiger partial charge in [0, 0.05) is 18.7 Å². The Labute approximate surface area is 124 Å². The third-order valence-corrected chi connectivity index (χ3v) is 4.45. The maximum absolute atomic E-state index is 12.2. The largest absolute Gasteiger partial charge is 0.465 e. The molecule has 3 N–H and O–H groups in total. The van der Waals surface area contributed by atoms with Gasteiger partial charge in [-0.05, 0) is 13.3 Å². The average molecular weight is 318 g/mol. The molecule has 0 saturated heterocycles. The van der Waals surface area contributed by atoms with Gasteiger partial charge >= 0.3 is 5.97 Å². The van der Waals surface area contributed by atoms with Crippen LogP contribution in [0.2, 0.25) is 0 Å². The van der Waals surface area contributed by atoms with Crippen molar-refractivity contribution in [1.82, 2.24) is 4.72 Å². The zero-order chi connectivity index (χ0) is 16.0. The molecule has 120 valence electrons. The van der Waals surface area contributed by atoms with E-state index in [1.807, 2.05) is 6.92 Å². The Morgan fingerprint density at radius 2 is 2.19 bits per heavy atom. The molecule has 7 nitrogen and oxygen atoms in total. The maximum Gasteiger partial charge on any atom is 0.341 e. The number of esters is 1. The van der Waals surface area contributed by atoms with Crippen LogP contribution in [0.1, 0.15) is 42.3 Å². The van der Waals surface area contributed by atoms with Gasteiger partial charge in [-0.1, -0.05) is 19.8 Å². The van der Waals surface area contributed by atoms with Crippen LogP contribution in [0, 0.1) is 6.92 Å². The van der Waals surface area contributed by atoms with Crippen molar-refractivity contribution in [2.75, 3.05) is 13.7 Å². The summed E-state index contributed by atoms with van der Waals surface area (Å²) in [6, 6.07) is 0.804. The molecule has 0 aromatic carbocycles. The number of ether oxygens (including phenoxy) is 1. The monoisotopic (exact) mass is 318 g/mol. The van der Waals surface area contributed by atoms with E-state index in [0.29, 0.717) is 6.42 Å². The highest BCUT2D eigenvalue weighted by atomic mass is 32.2.